The first kappa shape index (κ1) is 11.6. The molecule has 0 saturated carbocycles. The highest BCUT2D eigenvalue weighted by Crippen LogP contribution is 2.14. The van der Waals surface area contributed by atoms with Gasteiger partial charge in [0.1, 0.15) is 0 Å². The van der Waals surface area contributed by atoms with E-state index < -0.39 is 0 Å². The molecule has 0 saturated heterocycles. The van der Waals surface area contributed by atoms with Crippen LogP contribution in [0, 0.1) is 0 Å². The van der Waals surface area contributed by atoms with Gasteiger partial charge in [-0.15, -0.1) is 10.2 Å². The van der Waals surface area contributed by atoms with Gasteiger partial charge in [0.25, 0.3) is 5.91 Å². The van der Waals surface area contributed by atoms with Crippen molar-refractivity contribution in [2.24, 2.45) is 0 Å². The van der Waals surface area contributed by atoms with Crippen LogP contribution in [0.3, 0.4) is 0 Å². The second-order valence-electron chi connectivity index (χ2n) is 3.87. The molecule has 7 heteroatoms. The topological polar surface area (TPSA) is 83.6 Å². The van der Waals surface area contributed by atoms with Gasteiger partial charge in [0, 0.05) is 10.9 Å². The van der Waals surface area contributed by atoms with Crippen LogP contribution in [-0.4, -0.2) is 26.3 Å². The van der Waals surface area contributed by atoms with E-state index >= 15 is 0 Å². The van der Waals surface area contributed by atoms with E-state index in [0.29, 0.717) is 11.4 Å². The minimum absolute atomic E-state index is 0.270. The van der Waals surface area contributed by atoms with Gasteiger partial charge in [-0.25, -0.2) is 0 Å². The van der Waals surface area contributed by atoms with E-state index in [4.69, 9.17) is 11.6 Å². The number of halogens is 1. The third kappa shape index (κ3) is 2.38. The van der Waals surface area contributed by atoms with Gasteiger partial charge in [0.2, 0.25) is 0 Å². The summed E-state index contributed by atoms with van der Waals surface area (Å²) in [6, 6.07) is 8.41. The Balaban J connectivity index is 1.84. The molecule has 0 aliphatic heterocycles. The van der Waals surface area contributed by atoms with E-state index in [0.717, 1.165) is 10.9 Å². The SMILES string of the molecule is O=C(Nc1ccc(Cl)nn1)c1ccc2cn[nH]c2c1. The molecule has 0 aliphatic carbocycles. The minimum atomic E-state index is -0.270. The van der Waals surface area contributed by atoms with E-state index in [1.54, 1.807) is 30.5 Å². The number of hydrogen-bond acceptors (Lipinski definition) is 4. The molecule has 0 spiro atoms. The van der Waals surface area contributed by atoms with Gasteiger partial charge in [0.15, 0.2) is 11.0 Å². The molecule has 2 aromatic heterocycles. The van der Waals surface area contributed by atoms with Crippen LogP contribution in [0.1, 0.15) is 10.4 Å². The Bertz CT molecular complexity index is 737. The van der Waals surface area contributed by atoms with E-state index in [-0.39, 0.29) is 11.1 Å². The summed E-state index contributed by atoms with van der Waals surface area (Å²) in [7, 11) is 0. The summed E-state index contributed by atoms with van der Waals surface area (Å²) in [6.07, 6.45) is 1.70. The highest BCUT2D eigenvalue weighted by Gasteiger charge is 2.08. The number of amides is 1. The molecule has 6 nitrogen and oxygen atoms in total. The number of rotatable bonds is 2. The third-order valence-corrected chi connectivity index (χ3v) is 2.78. The second-order valence-corrected chi connectivity index (χ2v) is 4.25. The maximum absolute atomic E-state index is 12.0. The van der Waals surface area contributed by atoms with Crippen LogP contribution >= 0.6 is 11.6 Å². The lowest BCUT2D eigenvalue weighted by molar-refractivity contribution is 0.102. The number of nitrogens with one attached hydrogen (secondary N) is 2. The van der Waals surface area contributed by atoms with Gasteiger partial charge in [0.05, 0.1) is 11.7 Å². The highest BCUT2D eigenvalue weighted by molar-refractivity contribution is 6.29. The fourth-order valence-electron chi connectivity index (χ4n) is 1.65. The average molecular weight is 274 g/mol. The van der Waals surface area contributed by atoms with Crippen molar-refractivity contribution in [1.82, 2.24) is 20.4 Å². The van der Waals surface area contributed by atoms with Gasteiger partial charge in [-0.05, 0) is 24.3 Å². The maximum Gasteiger partial charge on any atom is 0.256 e. The number of nitrogens with zero attached hydrogens (tertiary/aromatic N) is 3. The van der Waals surface area contributed by atoms with Crippen molar-refractivity contribution in [2.45, 2.75) is 0 Å². The Hall–Kier alpha value is -2.47. The molecule has 3 rings (SSSR count). The van der Waals surface area contributed by atoms with Crippen LogP contribution < -0.4 is 5.32 Å². The quantitative estimate of drug-likeness (QED) is 0.750. The molecule has 2 N–H and O–H groups in total. The van der Waals surface area contributed by atoms with Crippen molar-refractivity contribution in [2.75, 3.05) is 5.32 Å². The molecule has 1 amide bonds. The zero-order valence-electron chi connectivity index (χ0n) is 9.59. The van der Waals surface area contributed by atoms with Crippen LogP contribution in [0.4, 0.5) is 5.82 Å². The molecule has 1 aromatic carbocycles. The van der Waals surface area contributed by atoms with Crippen molar-refractivity contribution in [3.8, 4) is 0 Å². The van der Waals surface area contributed by atoms with E-state index in [1.165, 1.54) is 0 Å². The van der Waals surface area contributed by atoms with E-state index in [2.05, 4.69) is 25.7 Å². The molecule has 0 aliphatic rings. The average Bonchev–Trinajstić information content (AvgIpc) is 2.88. The summed E-state index contributed by atoms with van der Waals surface area (Å²) >= 11 is 5.62. The smallest absolute Gasteiger partial charge is 0.256 e. The van der Waals surface area contributed by atoms with Gasteiger partial charge >= 0.3 is 0 Å². The summed E-state index contributed by atoms with van der Waals surface area (Å²) in [6.45, 7) is 0. The summed E-state index contributed by atoms with van der Waals surface area (Å²) in [5.74, 6) is 0.0761. The number of fused-ring (bicyclic) bond motifs is 1. The molecule has 0 radical (unpaired) electrons. The monoisotopic (exact) mass is 273 g/mol. The van der Waals surface area contributed by atoms with Crippen molar-refractivity contribution in [3.05, 3.63) is 47.2 Å². The first-order chi connectivity index (χ1) is 9.22. The van der Waals surface area contributed by atoms with Crippen molar-refractivity contribution in [3.63, 3.8) is 0 Å². The van der Waals surface area contributed by atoms with Crippen LogP contribution in [0.2, 0.25) is 5.15 Å². The molecule has 19 heavy (non-hydrogen) atoms. The Kier molecular flexibility index (Phi) is 2.85. The normalized spacial score (nSPS) is 10.6. The summed E-state index contributed by atoms with van der Waals surface area (Å²) in [5, 5.41) is 18.0. The number of carbonyl (C=O) groups is 1. The van der Waals surface area contributed by atoms with Crippen molar-refractivity contribution >= 4 is 34.2 Å². The van der Waals surface area contributed by atoms with Crippen molar-refractivity contribution < 1.29 is 4.79 Å². The zero-order chi connectivity index (χ0) is 13.2. The number of anilines is 1. The van der Waals surface area contributed by atoms with Gasteiger partial charge < -0.3 is 5.32 Å². The maximum atomic E-state index is 12.0. The lowest BCUT2D eigenvalue weighted by atomic mass is 10.1. The van der Waals surface area contributed by atoms with E-state index in [1.807, 2.05) is 6.07 Å². The highest BCUT2D eigenvalue weighted by atomic mass is 35.5. The molecule has 94 valence electrons. The van der Waals surface area contributed by atoms with E-state index in [9.17, 15) is 4.79 Å². The molecular formula is C12H8ClN5O. The molecular weight excluding hydrogens is 266 g/mol. The Morgan fingerprint density at radius 3 is 2.89 bits per heavy atom. The summed E-state index contributed by atoms with van der Waals surface area (Å²) in [5.41, 5.74) is 1.31. The van der Waals surface area contributed by atoms with Crippen LogP contribution in [0.25, 0.3) is 10.9 Å². The number of benzene rings is 1. The lowest BCUT2D eigenvalue weighted by Gasteiger charge is -2.03. The number of carbonyl (C=O) groups excluding carboxylic acids is 1. The molecule has 0 bridgehead atoms. The molecule has 3 aromatic rings. The predicted molar refractivity (Wildman–Crippen MR) is 71.1 cm³/mol. The summed E-state index contributed by atoms with van der Waals surface area (Å²) in [4.78, 5) is 12.0. The van der Waals surface area contributed by atoms with Gasteiger partial charge in [-0.1, -0.05) is 17.7 Å². The minimum Gasteiger partial charge on any atom is -0.305 e. The standard InChI is InChI=1S/C12H8ClN5O/c13-10-3-4-11(18-17-10)15-12(19)7-1-2-8-6-14-16-9(8)5-7/h1-6H,(H,14,16)(H,15,18,19). The molecule has 0 atom stereocenters. The number of H-pyrrole nitrogens is 1. The number of aromatic amines is 1. The van der Waals surface area contributed by atoms with Crippen LogP contribution in [0.5, 0.6) is 0 Å². The van der Waals surface area contributed by atoms with Crippen LogP contribution in [0.15, 0.2) is 36.5 Å². The molecule has 0 fully saturated rings. The number of hydrogen-bond donors (Lipinski definition) is 2. The third-order valence-electron chi connectivity index (χ3n) is 2.58. The lowest BCUT2D eigenvalue weighted by Crippen LogP contribution is -2.13. The Morgan fingerprint density at radius 2 is 2.11 bits per heavy atom. The fraction of sp³-hybridized carbons (Fsp3) is 0. The zero-order valence-corrected chi connectivity index (χ0v) is 10.3. The summed E-state index contributed by atoms with van der Waals surface area (Å²) < 4.78 is 0. The Labute approximate surface area is 112 Å². The predicted octanol–water partition coefficient (Wildman–Crippen LogP) is 2.26. The Morgan fingerprint density at radius 1 is 1.21 bits per heavy atom. The van der Waals surface area contributed by atoms with Crippen LogP contribution in [-0.2, 0) is 0 Å². The van der Waals surface area contributed by atoms with Gasteiger partial charge in [-0.2, -0.15) is 5.10 Å². The fourth-order valence-corrected chi connectivity index (χ4v) is 1.75. The van der Waals surface area contributed by atoms with Crippen molar-refractivity contribution in [1.29, 1.82) is 0 Å². The first-order valence-corrected chi connectivity index (χ1v) is 5.84. The number of aromatic nitrogens is 4. The van der Waals surface area contributed by atoms with Gasteiger partial charge in [-0.3, -0.25) is 9.89 Å². The first-order valence-electron chi connectivity index (χ1n) is 5.46. The largest absolute Gasteiger partial charge is 0.305 e. The molecule has 0 unspecified atom stereocenters. The molecule has 2 heterocycles. The second kappa shape index (κ2) is 4.66.